The van der Waals surface area contributed by atoms with Crippen LogP contribution in [0.4, 0.5) is 5.69 Å². The maximum absolute atomic E-state index is 11.8. The number of nitrogens with zero attached hydrogens (tertiary/aromatic N) is 1. The molecule has 0 radical (unpaired) electrons. The first kappa shape index (κ1) is 15.0. The summed E-state index contributed by atoms with van der Waals surface area (Å²) in [7, 11) is 1.85. The molecule has 21 heavy (non-hydrogen) atoms. The number of amides is 1. The Labute approximate surface area is 146 Å². The molecule has 108 valence electrons. The monoisotopic (exact) mass is 455 g/mol. The van der Waals surface area contributed by atoms with Crippen LogP contribution >= 0.6 is 38.5 Å². The number of alkyl halides is 1. The molecule has 2 nitrogen and oxygen atoms in total. The Morgan fingerprint density at radius 1 is 1.19 bits per heavy atom. The predicted octanol–water partition coefficient (Wildman–Crippen LogP) is 4.68. The van der Waals surface area contributed by atoms with Gasteiger partial charge >= 0.3 is 0 Å². The molecule has 0 spiro atoms. The second kappa shape index (κ2) is 6.08. The minimum atomic E-state index is 0.179. The van der Waals surface area contributed by atoms with Crippen molar-refractivity contribution in [3.8, 4) is 0 Å². The van der Waals surface area contributed by atoms with Crippen molar-refractivity contribution in [2.75, 3.05) is 11.9 Å². The van der Waals surface area contributed by atoms with Crippen LogP contribution in [0, 0.1) is 3.57 Å². The number of rotatable bonds is 2. The summed E-state index contributed by atoms with van der Waals surface area (Å²) < 4.78 is 1.25. The lowest BCUT2D eigenvalue weighted by Crippen LogP contribution is -2.31. The fourth-order valence-corrected chi connectivity index (χ4v) is 4.51. The molecule has 1 heterocycles. The highest BCUT2D eigenvalue weighted by Gasteiger charge is 2.22. The fourth-order valence-electron chi connectivity index (χ4n) is 2.69. The first-order valence-corrected chi connectivity index (χ1v) is 8.85. The van der Waals surface area contributed by atoms with Crippen LogP contribution in [0.15, 0.2) is 42.5 Å². The van der Waals surface area contributed by atoms with Crippen LogP contribution in [0.2, 0.25) is 0 Å². The van der Waals surface area contributed by atoms with Crippen molar-refractivity contribution in [1.29, 1.82) is 0 Å². The Morgan fingerprint density at radius 2 is 1.95 bits per heavy atom. The molecule has 0 fully saturated rings. The van der Waals surface area contributed by atoms with E-state index in [0.717, 1.165) is 12.1 Å². The summed E-state index contributed by atoms with van der Waals surface area (Å²) in [6, 6.07) is 14.8. The van der Waals surface area contributed by atoms with Crippen LogP contribution in [-0.4, -0.2) is 13.0 Å². The number of hydrogen-bond acceptors (Lipinski definition) is 1. The van der Waals surface area contributed by atoms with Crippen LogP contribution in [0.1, 0.15) is 27.9 Å². The van der Waals surface area contributed by atoms with Gasteiger partial charge in [-0.1, -0.05) is 46.3 Å². The van der Waals surface area contributed by atoms with Crippen LogP contribution in [0.5, 0.6) is 0 Å². The lowest BCUT2D eigenvalue weighted by atomic mass is 9.96. The van der Waals surface area contributed by atoms with Gasteiger partial charge in [0.15, 0.2) is 0 Å². The van der Waals surface area contributed by atoms with Gasteiger partial charge in [-0.05, 0) is 57.8 Å². The highest BCUT2D eigenvalue weighted by Crippen LogP contribution is 2.37. The zero-order valence-corrected chi connectivity index (χ0v) is 15.4. The summed E-state index contributed by atoms with van der Waals surface area (Å²) in [6.07, 6.45) is 1.43. The Balaban J connectivity index is 1.98. The first-order chi connectivity index (χ1) is 10.1. The Bertz CT molecular complexity index is 701. The maximum Gasteiger partial charge on any atom is 0.227 e. The molecule has 4 heteroatoms. The van der Waals surface area contributed by atoms with E-state index < -0.39 is 0 Å². The molecule has 1 unspecified atom stereocenters. The van der Waals surface area contributed by atoms with E-state index in [9.17, 15) is 4.79 Å². The molecule has 0 N–H and O–H groups in total. The highest BCUT2D eigenvalue weighted by molar-refractivity contribution is 14.1. The molecule has 1 amide bonds. The molecular formula is C17H15BrINO. The van der Waals surface area contributed by atoms with Crippen molar-refractivity contribution in [3.63, 3.8) is 0 Å². The number of carbonyl (C=O) groups excluding carboxylic acids is 1. The molecule has 0 saturated carbocycles. The summed E-state index contributed by atoms with van der Waals surface area (Å²) in [5.41, 5.74) is 4.81. The van der Waals surface area contributed by atoms with Gasteiger partial charge in [0.2, 0.25) is 5.91 Å². The molecule has 0 bridgehead atoms. The SMILES string of the molecule is CN1C(=O)CCc2cc(C(Br)c3ccccc3I)ccc21. The van der Waals surface area contributed by atoms with Gasteiger partial charge in [0.1, 0.15) is 0 Å². The van der Waals surface area contributed by atoms with Crippen LogP contribution in [0.25, 0.3) is 0 Å². The molecule has 1 aliphatic heterocycles. The van der Waals surface area contributed by atoms with Crippen molar-refractivity contribution >= 4 is 50.1 Å². The number of fused-ring (bicyclic) bond motifs is 1. The third-order valence-corrected chi connectivity index (χ3v) is 5.92. The average Bonchev–Trinajstić information content (AvgIpc) is 2.50. The highest BCUT2D eigenvalue weighted by atomic mass is 127. The summed E-state index contributed by atoms with van der Waals surface area (Å²) in [6.45, 7) is 0. The van der Waals surface area contributed by atoms with Gasteiger partial charge in [-0.15, -0.1) is 0 Å². The lowest BCUT2D eigenvalue weighted by molar-refractivity contribution is -0.118. The molecule has 0 aliphatic carbocycles. The third-order valence-electron chi connectivity index (χ3n) is 3.92. The van der Waals surface area contributed by atoms with Crippen molar-refractivity contribution in [2.45, 2.75) is 17.7 Å². The fraction of sp³-hybridized carbons (Fsp3) is 0.235. The van der Waals surface area contributed by atoms with E-state index in [1.807, 2.05) is 7.05 Å². The van der Waals surface area contributed by atoms with E-state index in [2.05, 4.69) is 81.0 Å². The molecule has 3 rings (SSSR count). The third kappa shape index (κ3) is 2.88. The van der Waals surface area contributed by atoms with Gasteiger partial charge in [0, 0.05) is 22.7 Å². The molecule has 1 atom stereocenters. The topological polar surface area (TPSA) is 20.3 Å². The van der Waals surface area contributed by atoms with Gasteiger partial charge < -0.3 is 4.90 Å². The largest absolute Gasteiger partial charge is 0.315 e. The molecule has 2 aromatic carbocycles. The average molecular weight is 456 g/mol. The summed E-state index contributed by atoms with van der Waals surface area (Å²) in [5.74, 6) is 0.197. The smallest absolute Gasteiger partial charge is 0.227 e. The van der Waals surface area contributed by atoms with Gasteiger partial charge in [-0.3, -0.25) is 4.79 Å². The van der Waals surface area contributed by atoms with Crippen molar-refractivity contribution < 1.29 is 4.79 Å². The van der Waals surface area contributed by atoms with E-state index in [-0.39, 0.29) is 10.7 Å². The molecule has 0 saturated heterocycles. The van der Waals surface area contributed by atoms with Crippen LogP contribution in [0.3, 0.4) is 0 Å². The summed E-state index contributed by atoms with van der Waals surface area (Å²) in [5, 5.41) is 0. The van der Waals surface area contributed by atoms with Gasteiger partial charge in [0.05, 0.1) is 4.83 Å². The number of anilines is 1. The first-order valence-electron chi connectivity index (χ1n) is 6.86. The number of aryl methyl sites for hydroxylation is 1. The molecular weight excluding hydrogens is 441 g/mol. The Kier molecular flexibility index (Phi) is 4.36. The lowest BCUT2D eigenvalue weighted by Gasteiger charge is -2.26. The quantitative estimate of drug-likeness (QED) is 0.475. The van der Waals surface area contributed by atoms with Crippen LogP contribution < -0.4 is 4.90 Å². The number of carbonyl (C=O) groups is 1. The van der Waals surface area contributed by atoms with Crippen molar-refractivity contribution in [1.82, 2.24) is 0 Å². The van der Waals surface area contributed by atoms with Gasteiger partial charge in [-0.2, -0.15) is 0 Å². The van der Waals surface area contributed by atoms with E-state index in [1.54, 1.807) is 4.90 Å². The second-order valence-electron chi connectivity index (χ2n) is 5.22. The summed E-state index contributed by atoms with van der Waals surface area (Å²) >= 11 is 6.18. The number of halogens is 2. The van der Waals surface area contributed by atoms with E-state index in [1.165, 1.54) is 20.3 Å². The Morgan fingerprint density at radius 3 is 2.71 bits per heavy atom. The van der Waals surface area contributed by atoms with Crippen molar-refractivity contribution in [2.24, 2.45) is 0 Å². The van der Waals surface area contributed by atoms with Crippen LogP contribution in [-0.2, 0) is 11.2 Å². The Hall–Kier alpha value is -0.880. The molecule has 1 aliphatic rings. The van der Waals surface area contributed by atoms with Crippen molar-refractivity contribution in [3.05, 3.63) is 62.7 Å². The van der Waals surface area contributed by atoms with E-state index >= 15 is 0 Å². The van der Waals surface area contributed by atoms with Gasteiger partial charge in [0.25, 0.3) is 0 Å². The summed E-state index contributed by atoms with van der Waals surface area (Å²) in [4.78, 5) is 13.7. The number of hydrogen-bond donors (Lipinski definition) is 0. The minimum absolute atomic E-state index is 0.179. The zero-order chi connectivity index (χ0) is 15.0. The number of benzene rings is 2. The standard InChI is InChI=1S/C17H15BrINO/c1-20-15-8-6-12(10-11(15)7-9-16(20)21)17(18)13-4-2-3-5-14(13)19/h2-6,8,10,17H,7,9H2,1H3. The maximum atomic E-state index is 11.8. The van der Waals surface area contributed by atoms with Gasteiger partial charge in [-0.25, -0.2) is 0 Å². The van der Waals surface area contributed by atoms with E-state index in [4.69, 9.17) is 0 Å². The predicted molar refractivity (Wildman–Crippen MR) is 98.1 cm³/mol. The second-order valence-corrected chi connectivity index (χ2v) is 7.30. The zero-order valence-electron chi connectivity index (χ0n) is 11.6. The molecule has 2 aromatic rings. The normalized spacial score (nSPS) is 15.8. The molecule has 0 aromatic heterocycles. The minimum Gasteiger partial charge on any atom is -0.315 e. The van der Waals surface area contributed by atoms with E-state index in [0.29, 0.717) is 6.42 Å².